The first kappa shape index (κ1) is 23.1. The first-order valence-electron chi connectivity index (χ1n) is 11.2. The lowest BCUT2D eigenvalue weighted by atomic mass is 9.85. The van der Waals surface area contributed by atoms with Crippen LogP contribution < -0.4 is 16.4 Å². The third-order valence-electron chi connectivity index (χ3n) is 6.40. The minimum Gasteiger partial charge on any atom is -0.379 e. The number of hydrogen-bond donors (Lipinski definition) is 3. The van der Waals surface area contributed by atoms with Gasteiger partial charge in [0, 0.05) is 18.6 Å². The molecule has 0 unspecified atom stereocenters. The summed E-state index contributed by atoms with van der Waals surface area (Å²) in [6, 6.07) is 2.53. The summed E-state index contributed by atoms with van der Waals surface area (Å²) in [5.74, 6) is 0.00154. The predicted octanol–water partition coefficient (Wildman–Crippen LogP) is 4.43. The second-order valence-electron chi connectivity index (χ2n) is 8.69. The van der Waals surface area contributed by atoms with Crippen molar-refractivity contribution >= 4 is 57.9 Å². The van der Waals surface area contributed by atoms with Gasteiger partial charge in [0.25, 0.3) is 0 Å². The Morgan fingerprint density at radius 1 is 1.15 bits per heavy atom. The minimum atomic E-state index is -0.531. The molecule has 1 atom stereocenters. The number of rotatable bonds is 6. The zero-order chi connectivity index (χ0) is 23.8. The van der Waals surface area contributed by atoms with Gasteiger partial charge in [0.05, 0.1) is 34.6 Å². The van der Waals surface area contributed by atoms with E-state index in [2.05, 4.69) is 20.6 Å². The Kier molecular flexibility index (Phi) is 6.46. The fraction of sp³-hybridized carbons (Fsp3) is 0.455. The van der Waals surface area contributed by atoms with Crippen LogP contribution in [-0.4, -0.2) is 44.7 Å². The van der Waals surface area contributed by atoms with Crippen LogP contribution in [0, 0.1) is 11.7 Å². The molecule has 180 valence electrons. The van der Waals surface area contributed by atoms with Crippen molar-refractivity contribution < 1.29 is 13.9 Å². The van der Waals surface area contributed by atoms with Gasteiger partial charge in [-0.05, 0) is 44.2 Å². The largest absolute Gasteiger partial charge is 0.379 e. The van der Waals surface area contributed by atoms with Gasteiger partial charge in [-0.1, -0.05) is 23.2 Å². The highest BCUT2D eigenvalue weighted by atomic mass is 35.5. The summed E-state index contributed by atoms with van der Waals surface area (Å²) in [4.78, 5) is 25.5. The Hall–Kier alpha value is -2.69. The molecule has 2 aliphatic rings. The van der Waals surface area contributed by atoms with Crippen LogP contribution in [0.5, 0.6) is 0 Å². The fourth-order valence-corrected chi connectivity index (χ4v) is 5.17. The highest BCUT2D eigenvalue weighted by Crippen LogP contribution is 2.39. The lowest BCUT2D eigenvalue weighted by Crippen LogP contribution is -2.29. The van der Waals surface area contributed by atoms with Gasteiger partial charge in [-0.3, -0.25) is 9.36 Å². The number of fused-ring (bicyclic) bond motifs is 1. The van der Waals surface area contributed by atoms with Crippen molar-refractivity contribution in [2.75, 3.05) is 23.8 Å². The number of carbonyl (C=O) groups excluding carboxylic acids is 1. The van der Waals surface area contributed by atoms with Crippen LogP contribution in [0.4, 0.5) is 22.0 Å². The second-order valence-corrected chi connectivity index (χ2v) is 9.50. The lowest BCUT2D eigenvalue weighted by molar-refractivity contribution is -0.122. The molecule has 2 aromatic heterocycles. The topological polar surface area (TPSA) is 120 Å². The average Bonchev–Trinajstić information content (AvgIpc) is 3.43. The SMILES string of the molecule is NC(=O)[C@H]1CC[C@H](n2c(Nc3c(Cl)cc(F)cc3Cl)nc3cnc(N[C@@H]4CCOC4)nc32)CC1. The monoisotopic (exact) mass is 507 g/mol. The number of nitrogens with two attached hydrogens (primary N) is 1. The highest BCUT2D eigenvalue weighted by molar-refractivity contribution is 6.39. The summed E-state index contributed by atoms with van der Waals surface area (Å²) in [7, 11) is 0. The van der Waals surface area contributed by atoms with Crippen molar-refractivity contribution in [3.63, 3.8) is 0 Å². The number of benzene rings is 1. The molecular formula is C22H24Cl2FN7O2. The van der Waals surface area contributed by atoms with Crippen LogP contribution in [0.1, 0.15) is 38.1 Å². The summed E-state index contributed by atoms with van der Waals surface area (Å²) in [6.45, 7) is 1.31. The van der Waals surface area contributed by atoms with Gasteiger partial charge >= 0.3 is 0 Å². The van der Waals surface area contributed by atoms with Crippen LogP contribution in [0.2, 0.25) is 10.0 Å². The molecule has 0 bridgehead atoms. The molecular weight excluding hydrogens is 484 g/mol. The van der Waals surface area contributed by atoms with Crippen LogP contribution in [-0.2, 0) is 9.53 Å². The Bertz CT molecular complexity index is 1200. The molecule has 3 aromatic rings. The number of amides is 1. The van der Waals surface area contributed by atoms with E-state index in [1.54, 1.807) is 6.20 Å². The standard InChI is InChI=1S/C22H24Cl2FN7O2/c23-15-7-12(25)8-16(24)18(15)30-22-29-17-9-27-21(28-13-5-6-34-10-13)31-20(17)32(22)14-3-1-11(2-4-14)19(26)33/h7-9,11,13-14H,1-6,10H2,(H2,26,33)(H,29,30)(H,27,28,31)/t11-,13-,14-/m1/s1. The van der Waals surface area contributed by atoms with Crippen molar-refractivity contribution in [1.82, 2.24) is 19.5 Å². The van der Waals surface area contributed by atoms with E-state index in [9.17, 15) is 9.18 Å². The van der Waals surface area contributed by atoms with Gasteiger partial charge in [-0.2, -0.15) is 4.98 Å². The van der Waals surface area contributed by atoms with Gasteiger partial charge in [-0.15, -0.1) is 0 Å². The fourth-order valence-electron chi connectivity index (χ4n) is 4.62. The molecule has 1 saturated heterocycles. The van der Waals surface area contributed by atoms with E-state index >= 15 is 0 Å². The van der Waals surface area contributed by atoms with Crippen molar-refractivity contribution in [1.29, 1.82) is 0 Å². The molecule has 4 N–H and O–H groups in total. The number of anilines is 3. The third-order valence-corrected chi connectivity index (χ3v) is 7.00. The van der Waals surface area contributed by atoms with Gasteiger partial charge < -0.3 is 21.1 Å². The van der Waals surface area contributed by atoms with Crippen molar-refractivity contribution in [3.8, 4) is 0 Å². The number of nitrogens with one attached hydrogen (secondary N) is 2. The van der Waals surface area contributed by atoms with Crippen molar-refractivity contribution in [3.05, 3.63) is 34.2 Å². The number of imidazole rings is 1. The Labute approximate surface area is 205 Å². The maximum absolute atomic E-state index is 13.7. The molecule has 5 rings (SSSR count). The quantitative estimate of drug-likeness (QED) is 0.451. The molecule has 1 aliphatic carbocycles. The molecule has 2 fully saturated rings. The normalized spacial score (nSPS) is 22.7. The zero-order valence-electron chi connectivity index (χ0n) is 18.2. The lowest BCUT2D eigenvalue weighted by Gasteiger charge is -2.29. The molecule has 1 amide bonds. The van der Waals surface area contributed by atoms with Crippen molar-refractivity contribution in [2.45, 2.75) is 44.2 Å². The van der Waals surface area contributed by atoms with E-state index < -0.39 is 5.82 Å². The average molecular weight is 508 g/mol. The Morgan fingerprint density at radius 3 is 2.53 bits per heavy atom. The van der Waals surface area contributed by atoms with Crippen LogP contribution in [0.3, 0.4) is 0 Å². The molecule has 34 heavy (non-hydrogen) atoms. The number of ether oxygens (including phenoxy) is 1. The summed E-state index contributed by atoms with van der Waals surface area (Å²) in [6.07, 6.45) is 5.33. The van der Waals surface area contributed by atoms with E-state index in [1.807, 2.05) is 4.57 Å². The number of hydrogen-bond acceptors (Lipinski definition) is 7. The van der Waals surface area contributed by atoms with Gasteiger partial charge in [-0.25, -0.2) is 14.4 Å². The third kappa shape index (κ3) is 4.62. The van der Waals surface area contributed by atoms with Crippen molar-refractivity contribution in [2.24, 2.45) is 11.7 Å². The van der Waals surface area contributed by atoms with E-state index in [0.717, 1.165) is 19.3 Å². The first-order valence-corrected chi connectivity index (χ1v) is 11.9. The Morgan fingerprint density at radius 2 is 1.88 bits per heavy atom. The van der Waals surface area contributed by atoms with Crippen LogP contribution in [0.25, 0.3) is 11.2 Å². The Balaban J connectivity index is 1.54. The van der Waals surface area contributed by atoms with E-state index in [0.29, 0.717) is 54.8 Å². The second kappa shape index (κ2) is 9.52. The minimum absolute atomic E-state index is 0.0127. The molecule has 1 saturated carbocycles. The zero-order valence-corrected chi connectivity index (χ0v) is 19.7. The molecule has 1 aliphatic heterocycles. The molecule has 12 heteroatoms. The number of halogens is 3. The van der Waals surface area contributed by atoms with E-state index in [-0.39, 0.29) is 34.0 Å². The van der Waals surface area contributed by atoms with Gasteiger partial charge in [0.15, 0.2) is 5.65 Å². The van der Waals surface area contributed by atoms with Crippen LogP contribution >= 0.6 is 23.2 Å². The van der Waals surface area contributed by atoms with Gasteiger partial charge in [0.1, 0.15) is 11.3 Å². The number of nitrogens with zero attached hydrogens (tertiary/aromatic N) is 4. The maximum atomic E-state index is 13.7. The van der Waals surface area contributed by atoms with Crippen LogP contribution in [0.15, 0.2) is 18.3 Å². The number of aromatic nitrogens is 4. The molecule has 9 nitrogen and oxygen atoms in total. The summed E-state index contributed by atoms with van der Waals surface area (Å²) < 4.78 is 21.1. The van der Waals surface area contributed by atoms with E-state index in [4.69, 9.17) is 38.7 Å². The van der Waals surface area contributed by atoms with Gasteiger partial charge in [0.2, 0.25) is 17.8 Å². The maximum Gasteiger partial charge on any atom is 0.225 e. The molecule has 0 radical (unpaired) electrons. The predicted molar refractivity (Wildman–Crippen MR) is 128 cm³/mol. The molecule has 1 aromatic carbocycles. The molecule has 0 spiro atoms. The summed E-state index contributed by atoms with van der Waals surface area (Å²) in [5.41, 5.74) is 7.10. The smallest absolute Gasteiger partial charge is 0.225 e. The number of primary amides is 1. The van der Waals surface area contributed by atoms with E-state index in [1.165, 1.54) is 12.1 Å². The molecule has 3 heterocycles. The summed E-state index contributed by atoms with van der Waals surface area (Å²) >= 11 is 12.5. The summed E-state index contributed by atoms with van der Waals surface area (Å²) in [5, 5.41) is 6.76. The highest BCUT2D eigenvalue weighted by Gasteiger charge is 2.29. The first-order chi connectivity index (χ1) is 16.4. The number of carbonyl (C=O) groups is 1.